The van der Waals surface area contributed by atoms with Gasteiger partial charge in [0.1, 0.15) is 0 Å². The Kier molecular flexibility index (Phi) is 7.53. The monoisotopic (exact) mass is 712 g/mol. The fourth-order valence-corrected chi connectivity index (χ4v) is 8.74. The van der Waals surface area contributed by atoms with E-state index in [1.807, 2.05) is 0 Å². The topological polar surface area (TPSA) is 9.86 Å². The Morgan fingerprint density at radius 3 is 1.36 bits per heavy atom. The van der Waals surface area contributed by atoms with Crippen LogP contribution in [0, 0.1) is 0 Å². The average molecular weight is 713 g/mol. The van der Waals surface area contributed by atoms with E-state index in [-0.39, 0.29) is 0 Å². The van der Waals surface area contributed by atoms with E-state index in [9.17, 15) is 0 Å². The lowest BCUT2D eigenvalue weighted by atomic mass is 9.98. The molecule has 11 aromatic rings. The molecule has 0 N–H and O–H groups in total. The Balaban J connectivity index is 1.09. The molecule has 0 spiro atoms. The number of hydrogen-bond donors (Lipinski definition) is 0. The number of fused-ring (bicyclic) bond motifs is 6. The standard InChI is InChI=1S/C54H36N2/c1-3-15-37(16-4-1)39-19-11-20-40(33-39)42-22-13-24-45(35-42)56-50-28-9-7-25-47(50)48-32-31-43(36-53(48)56)46-27-14-30-52-54(46)49-26-8-10-29-51(49)55(52)44-23-12-21-41(34-44)38-17-5-2-6-18-38/h1-36H. The molecule has 0 unspecified atom stereocenters. The van der Waals surface area contributed by atoms with Crippen LogP contribution >= 0.6 is 0 Å². The van der Waals surface area contributed by atoms with Gasteiger partial charge >= 0.3 is 0 Å². The third kappa shape index (κ3) is 5.26. The molecule has 262 valence electrons. The van der Waals surface area contributed by atoms with Crippen LogP contribution in [-0.2, 0) is 0 Å². The van der Waals surface area contributed by atoms with Crippen molar-refractivity contribution in [2.45, 2.75) is 0 Å². The average Bonchev–Trinajstić information content (AvgIpc) is 3.80. The van der Waals surface area contributed by atoms with Crippen LogP contribution in [0.25, 0.3) is 99.5 Å². The second kappa shape index (κ2) is 13.2. The normalized spacial score (nSPS) is 11.6. The summed E-state index contributed by atoms with van der Waals surface area (Å²) in [6.45, 7) is 0. The number of para-hydroxylation sites is 2. The molecule has 0 aliphatic carbocycles. The van der Waals surface area contributed by atoms with E-state index in [1.54, 1.807) is 0 Å². The molecule has 0 saturated heterocycles. The van der Waals surface area contributed by atoms with Crippen LogP contribution in [-0.4, -0.2) is 9.13 Å². The molecule has 0 saturated carbocycles. The molecular formula is C54H36N2. The molecule has 0 bridgehead atoms. The fraction of sp³-hybridized carbons (Fsp3) is 0. The zero-order chi connectivity index (χ0) is 37.0. The Labute approximate surface area is 325 Å². The first-order valence-corrected chi connectivity index (χ1v) is 19.3. The van der Waals surface area contributed by atoms with E-state index in [4.69, 9.17) is 0 Å². The number of rotatable bonds is 6. The van der Waals surface area contributed by atoms with Crippen LogP contribution in [0.5, 0.6) is 0 Å². The van der Waals surface area contributed by atoms with Crippen LogP contribution in [0.15, 0.2) is 218 Å². The lowest BCUT2D eigenvalue weighted by Crippen LogP contribution is -1.95. The summed E-state index contributed by atoms with van der Waals surface area (Å²) in [5, 5.41) is 5.00. The molecule has 2 aromatic heterocycles. The van der Waals surface area contributed by atoms with E-state index in [0.717, 1.165) is 11.4 Å². The van der Waals surface area contributed by atoms with Gasteiger partial charge in [0.05, 0.1) is 22.1 Å². The SMILES string of the molecule is c1ccc(-c2cccc(-c3cccc(-n4c5ccccc5c5ccc(-c6cccc7c6c6ccccc6n7-c6cccc(-c7ccccc7)c6)cc54)c3)c2)cc1. The molecular weight excluding hydrogens is 677 g/mol. The predicted molar refractivity (Wildman–Crippen MR) is 237 cm³/mol. The zero-order valence-corrected chi connectivity index (χ0v) is 30.7. The lowest BCUT2D eigenvalue weighted by molar-refractivity contribution is 1.18. The highest BCUT2D eigenvalue weighted by Crippen LogP contribution is 2.41. The molecule has 0 fully saturated rings. The van der Waals surface area contributed by atoms with Crippen LogP contribution in [0.1, 0.15) is 0 Å². The van der Waals surface area contributed by atoms with E-state index < -0.39 is 0 Å². The van der Waals surface area contributed by atoms with Gasteiger partial charge in [-0.15, -0.1) is 0 Å². The highest BCUT2D eigenvalue weighted by Gasteiger charge is 2.19. The second-order valence-corrected chi connectivity index (χ2v) is 14.6. The van der Waals surface area contributed by atoms with Gasteiger partial charge in [-0.3, -0.25) is 0 Å². The van der Waals surface area contributed by atoms with Crippen molar-refractivity contribution < 1.29 is 0 Å². The molecule has 56 heavy (non-hydrogen) atoms. The van der Waals surface area contributed by atoms with Crippen molar-refractivity contribution in [1.82, 2.24) is 9.13 Å². The van der Waals surface area contributed by atoms with E-state index in [1.165, 1.54) is 88.1 Å². The molecule has 0 aliphatic rings. The van der Waals surface area contributed by atoms with Crippen LogP contribution in [0.4, 0.5) is 0 Å². The summed E-state index contributed by atoms with van der Waals surface area (Å²) in [6.07, 6.45) is 0. The maximum absolute atomic E-state index is 2.44. The summed E-state index contributed by atoms with van der Waals surface area (Å²) in [5.74, 6) is 0. The van der Waals surface area contributed by atoms with Gasteiger partial charge in [-0.05, 0) is 99.1 Å². The van der Waals surface area contributed by atoms with Crippen molar-refractivity contribution in [3.8, 4) is 55.9 Å². The Morgan fingerprint density at radius 2 is 0.679 bits per heavy atom. The molecule has 0 radical (unpaired) electrons. The summed E-state index contributed by atoms with van der Waals surface area (Å²) < 4.78 is 4.87. The van der Waals surface area contributed by atoms with Gasteiger partial charge in [0.25, 0.3) is 0 Å². The van der Waals surface area contributed by atoms with Crippen molar-refractivity contribution in [3.05, 3.63) is 218 Å². The number of nitrogens with zero attached hydrogens (tertiary/aromatic N) is 2. The maximum Gasteiger partial charge on any atom is 0.0547 e. The smallest absolute Gasteiger partial charge is 0.0547 e. The first-order valence-electron chi connectivity index (χ1n) is 19.3. The van der Waals surface area contributed by atoms with Gasteiger partial charge in [-0.1, -0.05) is 164 Å². The Bertz CT molecular complexity index is 3240. The lowest BCUT2D eigenvalue weighted by Gasteiger charge is -2.13. The van der Waals surface area contributed by atoms with Crippen molar-refractivity contribution in [3.63, 3.8) is 0 Å². The van der Waals surface area contributed by atoms with Crippen molar-refractivity contribution >= 4 is 43.6 Å². The minimum absolute atomic E-state index is 1.14. The van der Waals surface area contributed by atoms with Gasteiger partial charge in [0.15, 0.2) is 0 Å². The first-order chi connectivity index (χ1) is 27.8. The summed E-state index contributed by atoms with van der Waals surface area (Å²) >= 11 is 0. The molecule has 2 nitrogen and oxygen atoms in total. The quantitative estimate of drug-likeness (QED) is 0.162. The summed E-state index contributed by atoms with van der Waals surface area (Å²) in [4.78, 5) is 0. The second-order valence-electron chi connectivity index (χ2n) is 14.6. The van der Waals surface area contributed by atoms with Gasteiger partial charge in [-0.25, -0.2) is 0 Å². The van der Waals surface area contributed by atoms with Crippen LogP contribution in [0.2, 0.25) is 0 Å². The van der Waals surface area contributed by atoms with Gasteiger partial charge in [0.2, 0.25) is 0 Å². The largest absolute Gasteiger partial charge is 0.309 e. The number of benzene rings is 9. The molecule has 0 amide bonds. The summed E-state index contributed by atoms with van der Waals surface area (Å²) in [6, 6.07) is 79.4. The van der Waals surface area contributed by atoms with Gasteiger partial charge in [0, 0.05) is 32.9 Å². The Morgan fingerprint density at radius 1 is 0.232 bits per heavy atom. The van der Waals surface area contributed by atoms with E-state index >= 15 is 0 Å². The summed E-state index contributed by atoms with van der Waals surface area (Å²) in [7, 11) is 0. The van der Waals surface area contributed by atoms with Gasteiger partial charge in [-0.2, -0.15) is 0 Å². The minimum atomic E-state index is 1.14. The number of hydrogen-bond acceptors (Lipinski definition) is 0. The molecule has 0 atom stereocenters. The van der Waals surface area contributed by atoms with Crippen LogP contribution < -0.4 is 0 Å². The molecule has 0 aliphatic heterocycles. The van der Waals surface area contributed by atoms with E-state index in [2.05, 4.69) is 228 Å². The molecule has 9 aromatic carbocycles. The van der Waals surface area contributed by atoms with Gasteiger partial charge < -0.3 is 9.13 Å². The molecule has 2 heteroatoms. The maximum atomic E-state index is 2.44. The minimum Gasteiger partial charge on any atom is -0.309 e. The highest BCUT2D eigenvalue weighted by atomic mass is 15.0. The third-order valence-corrected chi connectivity index (χ3v) is 11.3. The highest BCUT2D eigenvalue weighted by molar-refractivity contribution is 6.17. The third-order valence-electron chi connectivity index (χ3n) is 11.3. The number of aromatic nitrogens is 2. The predicted octanol–water partition coefficient (Wildman–Crippen LogP) is 14.5. The van der Waals surface area contributed by atoms with Crippen molar-refractivity contribution in [2.24, 2.45) is 0 Å². The van der Waals surface area contributed by atoms with Crippen molar-refractivity contribution in [1.29, 1.82) is 0 Å². The van der Waals surface area contributed by atoms with Crippen molar-refractivity contribution in [2.75, 3.05) is 0 Å². The van der Waals surface area contributed by atoms with E-state index in [0.29, 0.717) is 0 Å². The summed E-state index contributed by atoms with van der Waals surface area (Å²) in [5.41, 5.74) is 16.7. The Hall–Kier alpha value is -7.42. The zero-order valence-electron chi connectivity index (χ0n) is 30.7. The fourth-order valence-electron chi connectivity index (χ4n) is 8.74. The van der Waals surface area contributed by atoms with Crippen LogP contribution in [0.3, 0.4) is 0 Å². The first kappa shape index (κ1) is 32.0. The molecule has 11 rings (SSSR count). The molecule has 2 heterocycles.